The van der Waals surface area contributed by atoms with Crippen molar-refractivity contribution in [3.63, 3.8) is 0 Å². The van der Waals surface area contributed by atoms with Gasteiger partial charge in [-0.05, 0) is 31.4 Å². The molecule has 0 N–H and O–H groups in total. The minimum Gasteiger partial charge on any atom is -0.337 e. The van der Waals surface area contributed by atoms with Gasteiger partial charge in [0, 0.05) is 31.6 Å². The van der Waals surface area contributed by atoms with Crippen LogP contribution in [0.25, 0.3) is 0 Å². The summed E-state index contributed by atoms with van der Waals surface area (Å²) in [4.78, 5) is 30.0. The van der Waals surface area contributed by atoms with Crippen LogP contribution in [0.15, 0.2) is 36.4 Å². The summed E-state index contributed by atoms with van der Waals surface area (Å²) in [6.45, 7) is 10.3. The molecule has 2 aromatic rings. The first kappa shape index (κ1) is 23.5. The highest BCUT2D eigenvalue weighted by atomic mass is 16.2. The molecule has 1 aliphatic heterocycles. The Bertz CT molecular complexity index is 984. The lowest BCUT2D eigenvalue weighted by molar-refractivity contribution is -0.137. The van der Waals surface area contributed by atoms with Crippen LogP contribution in [-0.4, -0.2) is 51.0 Å². The summed E-state index contributed by atoms with van der Waals surface area (Å²) in [7, 11) is 0. The molecule has 0 saturated carbocycles. The standard InChI is InChI=1S/C25H33N5O2/c1-5-30-21(16-22(27-30)25(2,3)4)24(32)28-14-9-12-20(18-28)23(31)29(15-13-26)17-19-10-7-6-8-11-19/h6-8,10-11,16,20H,5,9,12,14-15,17-18H2,1-4H3. The zero-order valence-corrected chi connectivity index (χ0v) is 19.5. The highest BCUT2D eigenvalue weighted by Crippen LogP contribution is 2.25. The number of aromatic nitrogens is 2. The number of carbonyl (C=O) groups is 2. The normalized spacial score (nSPS) is 16.5. The van der Waals surface area contributed by atoms with Crippen LogP contribution in [0.4, 0.5) is 0 Å². The minimum atomic E-state index is -0.301. The van der Waals surface area contributed by atoms with Gasteiger partial charge < -0.3 is 9.80 Å². The van der Waals surface area contributed by atoms with Crippen LogP contribution < -0.4 is 0 Å². The van der Waals surface area contributed by atoms with E-state index < -0.39 is 0 Å². The van der Waals surface area contributed by atoms with E-state index in [1.165, 1.54) is 0 Å². The molecule has 2 amide bonds. The topological polar surface area (TPSA) is 82.2 Å². The fourth-order valence-corrected chi connectivity index (χ4v) is 4.08. The fraction of sp³-hybridized carbons (Fsp3) is 0.520. The quantitative estimate of drug-likeness (QED) is 0.649. The molecule has 1 aromatic carbocycles. The Morgan fingerprint density at radius 3 is 2.59 bits per heavy atom. The van der Waals surface area contributed by atoms with Gasteiger partial charge in [-0.1, -0.05) is 51.1 Å². The van der Waals surface area contributed by atoms with Crippen molar-refractivity contribution in [1.82, 2.24) is 19.6 Å². The predicted molar refractivity (Wildman–Crippen MR) is 123 cm³/mol. The average molecular weight is 436 g/mol. The Morgan fingerprint density at radius 2 is 1.97 bits per heavy atom. The van der Waals surface area contributed by atoms with E-state index in [1.807, 2.05) is 43.3 Å². The van der Waals surface area contributed by atoms with Crippen LogP contribution in [-0.2, 0) is 23.3 Å². The molecule has 0 bridgehead atoms. The first-order valence-electron chi connectivity index (χ1n) is 11.3. The van der Waals surface area contributed by atoms with Crippen LogP contribution in [0.5, 0.6) is 0 Å². The second-order valence-electron chi connectivity index (χ2n) is 9.41. The maximum absolute atomic E-state index is 13.4. The lowest BCUT2D eigenvalue weighted by Gasteiger charge is -2.34. The van der Waals surface area contributed by atoms with E-state index in [2.05, 4.69) is 31.9 Å². The molecular weight excluding hydrogens is 402 g/mol. The van der Waals surface area contributed by atoms with Crippen LogP contribution in [0.1, 0.15) is 62.3 Å². The maximum atomic E-state index is 13.4. The van der Waals surface area contributed by atoms with E-state index >= 15 is 0 Å². The van der Waals surface area contributed by atoms with Gasteiger partial charge >= 0.3 is 0 Å². The monoisotopic (exact) mass is 435 g/mol. The van der Waals surface area contributed by atoms with Crippen molar-refractivity contribution in [3.05, 3.63) is 53.3 Å². The lowest BCUT2D eigenvalue weighted by atomic mass is 9.92. The van der Waals surface area contributed by atoms with Crippen LogP contribution >= 0.6 is 0 Å². The largest absolute Gasteiger partial charge is 0.337 e. The number of nitriles is 1. The summed E-state index contributed by atoms with van der Waals surface area (Å²) in [5.41, 5.74) is 2.30. The molecule has 7 heteroatoms. The van der Waals surface area contributed by atoms with Gasteiger partial charge in [0.15, 0.2) is 0 Å². The Morgan fingerprint density at radius 1 is 1.25 bits per heavy atom. The van der Waals surface area contributed by atoms with Gasteiger partial charge in [-0.2, -0.15) is 10.4 Å². The molecule has 32 heavy (non-hydrogen) atoms. The molecule has 7 nitrogen and oxygen atoms in total. The molecular formula is C25H33N5O2. The van der Waals surface area contributed by atoms with Crippen LogP contribution in [0.2, 0.25) is 0 Å². The molecule has 1 atom stereocenters. The number of hydrogen-bond acceptors (Lipinski definition) is 4. The molecule has 2 heterocycles. The van der Waals surface area contributed by atoms with Crippen LogP contribution in [0, 0.1) is 17.2 Å². The Kier molecular flexibility index (Phi) is 7.34. The molecule has 1 unspecified atom stereocenters. The van der Waals surface area contributed by atoms with Gasteiger partial charge in [0.1, 0.15) is 12.2 Å². The van der Waals surface area contributed by atoms with Crippen molar-refractivity contribution in [2.24, 2.45) is 5.92 Å². The summed E-state index contributed by atoms with van der Waals surface area (Å²) >= 11 is 0. The first-order valence-corrected chi connectivity index (χ1v) is 11.3. The third-order valence-corrected chi connectivity index (χ3v) is 5.91. The third kappa shape index (κ3) is 5.37. The maximum Gasteiger partial charge on any atom is 0.272 e. The number of benzene rings is 1. The van der Waals surface area contributed by atoms with Gasteiger partial charge in [0.05, 0.1) is 17.7 Å². The lowest BCUT2D eigenvalue weighted by Crippen LogP contribution is -2.47. The van der Waals surface area contributed by atoms with Crippen molar-refractivity contribution < 1.29 is 9.59 Å². The van der Waals surface area contributed by atoms with Gasteiger partial charge in [-0.15, -0.1) is 0 Å². The van der Waals surface area contributed by atoms with Crippen molar-refractivity contribution in [1.29, 1.82) is 5.26 Å². The Labute approximate surface area is 190 Å². The third-order valence-electron chi connectivity index (χ3n) is 5.91. The first-order chi connectivity index (χ1) is 15.2. The van der Waals surface area contributed by atoms with E-state index in [0.717, 1.165) is 24.1 Å². The molecule has 1 fully saturated rings. The van der Waals surface area contributed by atoms with E-state index in [4.69, 9.17) is 0 Å². The minimum absolute atomic E-state index is 0.0374. The zero-order chi connectivity index (χ0) is 23.3. The van der Waals surface area contributed by atoms with E-state index in [-0.39, 0.29) is 29.7 Å². The highest BCUT2D eigenvalue weighted by molar-refractivity contribution is 5.93. The van der Waals surface area contributed by atoms with Crippen LogP contribution in [0.3, 0.4) is 0 Å². The number of piperidine rings is 1. The van der Waals surface area contributed by atoms with Gasteiger partial charge in [-0.3, -0.25) is 14.3 Å². The summed E-state index contributed by atoms with van der Waals surface area (Å²) in [6.07, 6.45) is 1.49. The second kappa shape index (κ2) is 9.99. The number of nitrogens with zero attached hydrogens (tertiary/aromatic N) is 5. The van der Waals surface area contributed by atoms with Crippen molar-refractivity contribution in [3.8, 4) is 6.07 Å². The Hall–Kier alpha value is -3.14. The van der Waals surface area contributed by atoms with E-state index in [0.29, 0.717) is 31.9 Å². The fourth-order valence-electron chi connectivity index (χ4n) is 4.08. The smallest absolute Gasteiger partial charge is 0.272 e. The highest BCUT2D eigenvalue weighted by Gasteiger charge is 2.33. The summed E-state index contributed by atoms with van der Waals surface area (Å²) in [5, 5.41) is 13.9. The molecule has 0 radical (unpaired) electrons. The van der Waals surface area contributed by atoms with E-state index in [9.17, 15) is 14.9 Å². The summed E-state index contributed by atoms with van der Waals surface area (Å²) in [5.74, 6) is -0.445. The zero-order valence-electron chi connectivity index (χ0n) is 19.5. The number of carbonyl (C=O) groups excluding carboxylic acids is 2. The molecule has 1 saturated heterocycles. The van der Waals surface area contributed by atoms with E-state index in [1.54, 1.807) is 14.5 Å². The number of rotatable bonds is 6. The SMILES string of the molecule is CCn1nc(C(C)(C)C)cc1C(=O)N1CCCC(C(=O)N(CC#N)Cc2ccccc2)C1. The molecule has 1 aromatic heterocycles. The number of likely N-dealkylation sites (tertiary alicyclic amines) is 1. The van der Waals surface area contributed by atoms with Crippen molar-refractivity contribution >= 4 is 11.8 Å². The molecule has 0 spiro atoms. The average Bonchev–Trinajstić information content (AvgIpc) is 3.24. The Balaban J connectivity index is 1.75. The molecule has 0 aliphatic carbocycles. The summed E-state index contributed by atoms with van der Waals surface area (Å²) < 4.78 is 1.76. The predicted octanol–water partition coefficient (Wildman–Crippen LogP) is 3.61. The van der Waals surface area contributed by atoms with Crippen molar-refractivity contribution in [2.45, 2.75) is 59.0 Å². The summed E-state index contributed by atoms with van der Waals surface area (Å²) in [6, 6.07) is 13.7. The van der Waals surface area contributed by atoms with Gasteiger partial charge in [0.2, 0.25) is 5.91 Å². The molecule has 170 valence electrons. The second-order valence-corrected chi connectivity index (χ2v) is 9.41. The number of hydrogen-bond donors (Lipinski definition) is 0. The number of amides is 2. The van der Waals surface area contributed by atoms with Crippen molar-refractivity contribution in [2.75, 3.05) is 19.6 Å². The van der Waals surface area contributed by atoms with Gasteiger partial charge in [-0.25, -0.2) is 0 Å². The molecule has 3 rings (SSSR count). The van der Waals surface area contributed by atoms with Gasteiger partial charge in [0.25, 0.3) is 5.91 Å². The molecule has 1 aliphatic rings. The number of aryl methyl sites for hydroxylation is 1.